The molecule has 1 atom stereocenters. The SMILES string of the molecule is CCCCCCCCCCCCCCCCCCCCOCCOc1ccc(C2C(=O)Oc3ccccc32)cc1. The number of hydrogen-bond donors (Lipinski definition) is 0. The molecule has 1 aliphatic heterocycles. The summed E-state index contributed by atoms with van der Waals surface area (Å²) in [6.07, 6.45) is 25.1. The normalized spacial score (nSPS) is 14.3. The van der Waals surface area contributed by atoms with Crippen LogP contribution in [0.4, 0.5) is 0 Å². The van der Waals surface area contributed by atoms with Crippen LogP contribution >= 0.6 is 0 Å². The van der Waals surface area contributed by atoms with Gasteiger partial charge >= 0.3 is 5.97 Å². The summed E-state index contributed by atoms with van der Waals surface area (Å²) in [5, 5.41) is 0. The van der Waals surface area contributed by atoms with Crippen molar-refractivity contribution in [3.05, 3.63) is 59.7 Å². The van der Waals surface area contributed by atoms with Crippen LogP contribution in [0.25, 0.3) is 0 Å². The first-order valence-corrected chi connectivity index (χ1v) is 16.4. The van der Waals surface area contributed by atoms with Gasteiger partial charge in [0, 0.05) is 12.2 Å². The minimum absolute atomic E-state index is 0.220. The molecule has 0 aromatic heterocycles. The molecule has 4 heteroatoms. The van der Waals surface area contributed by atoms with Gasteiger partial charge < -0.3 is 14.2 Å². The number of ether oxygens (including phenoxy) is 3. The molecule has 1 aliphatic rings. The highest BCUT2D eigenvalue weighted by Crippen LogP contribution is 2.39. The number of carbonyl (C=O) groups is 1. The molecule has 2 aromatic carbocycles. The van der Waals surface area contributed by atoms with Crippen LogP contribution in [-0.2, 0) is 9.53 Å². The lowest BCUT2D eigenvalue weighted by atomic mass is 9.93. The molecule has 3 rings (SSSR count). The second-order valence-corrected chi connectivity index (χ2v) is 11.4. The van der Waals surface area contributed by atoms with Crippen LogP contribution in [0.2, 0.25) is 0 Å². The molecule has 1 unspecified atom stereocenters. The Morgan fingerprint density at radius 2 is 1.12 bits per heavy atom. The minimum atomic E-state index is -0.358. The molecule has 0 aliphatic carbocycles. The first-order valence-electron chi connectivity index (χ1n) is 16.4. The van der Waals surface area contributed by atoms with Crippen LogP contribution in [0.5, 0.6) is 11.5 Å². The fourth-order valence-corrected chi connectivity index (χ4v) is 5.60. The Morgan fingerprint density at radius 1 is 0.600 bits per heavy atom. The predicted molar refractivity (Wildman–Crippen MR) is 165 cm³/mol. The van der Waals surface area contributed by atoms with E-state index in [-0.39, 0.29) is 11.9 Å². The number of carbonyl (C=O) groups excluding carboxylic acids is 1. The Kier molecular flexibility index (Phi) is 16.5. The smallest absolute Gasteiger partial charge is 0.323 e. The van der Waals surface area contributed by atoms with Gasteiger partial charge in [-0.25, -0.2) is 0 Å². The molecule has 0 spiro atoms. The van der Waals surface area contributed by atoms with Gasteiger partial charge in [0.2, 0.25) is 0 Å². The Morgan fingerprint density at radius 3 is 1.70 bits per heavy atom. The van der Waals surface area contributed by atoms with E-state index in [2.05, 4.69) is 6.92 Å². The van der Waals surface area contributed by atoms with Crippen LogP contribution in [-0.4, -0.2) is 25.8 Å². The lowest BCUT2D eigenvalue weighted by molar-refractivity contribution is -0.133. The number of fused-ring (bicyclic) bond motifs is 1. The van der Waals surface area contributed by atoms with Gasteiger partial charge in [0.15, 0.2) is 0 Å². The van der Waals surface area contributed by atoms with Gasteiger partial charge in [0.25, 0.3) is 0 Å². The predicted octanol–water partition coefficient (Wildman–Crippen LogP) is 10.2. The van der Waals surface area contributed by atoms with Crippen molar-refractivity contribution in [1.82, 2.24) is 0 Å². The monoisotopic (exact) mass is 550 g/mol. The number of rotatable bonds is 24. The van der Waals surface area contributed by atoms with Crippen molar-refractivity contribution in [2.75, 3.05) is 19.8 Å². The summed E-state index contributed by atoms with van der Waals surface area (Å²) in [6, 6.07) is 15.3. The topological polar surface area (TPSA) is 44.8 Å². The Hall–Kier alpha value is -2.33. The molecule has 0 bridgehead atoms. The lowest BCUT2D eigenvalue weighted by Gasteiger charge is -2.10. The number of unbranched alkanes of at least 4 members (excludes halogenated alkanes) is 17. The van der Waals surface area contributed by atoms with Gasteiger partial charge in [0.1, 0.15) is 24.0 Å². The second kappa shape index (κ2) is 20.5. The van der Waals surface area contributed by atoms with E-state index >= 15 is 0 Å². The van der Waals surface area contributed by atoms with E-state index in [9.17, 15) is 4.79 Å². The summed E-state index contributed by atoms with van der Waals surface area (Å²) in [4.78, 5) is 12.3. The number of esters is 1. The fourth-order valence-electron chi connectivity index (χ4n) is 5.60. The highest BCUT2D eigenvalue weighted by Gasteiger charge is 2.34. The third kappa shape index (κ3) is 12.5. The van der Waals surface area contributed by atoms with Crippen molar-refractivity contribution in [3.63, 3.8) is 0 Å². The van der Waals surface area contributed by atoms with E-state index < -0.39 is 0 Å². The summed E-state index contributed by atoms with van der Waals surface area (Å²) >= 11 is 0. The van der Waals surface area contributed by atoms with Gasteiger partial charge in [-0.1, -0.05) is 146 Å². The molecule has 40 heavy (non-hydrogen) atoms. The molecular weight excluding hydrogens is 496 g/mol. The Bertz CT molecular complexity index is 923. The maximum Gasteiger partial charge on any atom is 0.323 e. The van der Waals surface area contributed by atoms with Crippen molar-refractivity contribution in [2.45, 2.75) is 128 Å². The molecular formula is C36H54O4. The van der Waals surface area contributed by atoms with Crippen molar-refractivity contribution in [1.29, 1.82) is 0 Å². The summed E-state index contributed by atoms with van der Waals surface area (Å²) in [5.41, 5.74) is 1.85. The third-order valence-electron chi connectivity index (χ3n) is 8.03. The first-order chi connectivity index (χ1) is 19.8. The molecule has 0 radical (unpaired) electrons. The second-order valence-electron chi connectivity index (χ2n) is 11.4. The molecule has 1 heterocycles. The standard InChI is InChI=1S/C36H54O4/c1-2-3-4-5-6-7-8-9-10-11-12-13-14-15-16-17-18-21-28-38-29-30-39-32-26-24-31(25-27-32)35-33-22-19-20-23-34(33)40-36(35)37/h19-20,22-27,35H,2-18,21,28-30H2,1H3. The van der Waals surface area contributed by atoms with Crippen LogP contribution < -0.4 is 9.47 Å². The van der Waals surface area contributed by atoms with Crippen molar-refractivity contribution in [3.8, 4) is 11.5 Å². The van der Waals surface area contributed by atoms with Gasteiger partial charge in [-0.2, -0.15) is 0 Å². The van der Waals surface area contributed by atoms with E-state index in [1.165, 1.54) is 109 Å². The van der Waals surface area contributed by atoms with Crippen molar-refractivity contribution >= 4 is 5.97 Å². The summed E-state index contributed by atoms with van der Waals surface area (Å²) < 4.78 is 17.0. The quantitative estimate of drug-likeness (QED) is 0.0741. The van der Waals surface area contributed by atoms with Crippen LogP contribution in [0.1, 0.15) is 140 Å². The zero-order valence-corrected chi connectivity index (χ0v) is 25.2. The average molecular weight is 551 g/mol. The highest BCUT2D eigenvalue weighted by atomic mass is 16.5. The maximum atomic E-state index is 12.3. The Labute approximate surface area is 244 Å². The summed E-state index contributed by atoms with van der Waals surface area (Å²) in [7, 11) is 0. The molecule has 0 saturated heterocycles. The average Bonchev–Trinajstić information content (AvgIpc) is 3.31. The molecule has 0 fully saturated rings. The molecule has 0 amide bonds. The Balaban J connectivity index is 1.07. The zero-order chi connectivity index (χ0) is 28.1. The van der Waals surface area contributed by atoms with Crippen LogP contribution in [0, 0.1) is 0 Å². The van der Waals surface area contributed by atoms with Crippen molar-refractivity contribution in [2.24, 2.45) is 0 Å². The largest absolute Gasteiger partial charge is 0.491 e. The van der Waals surface area contributed by atoms with E-state index in [0.29, 0.717) is 19.0 Å². The van der Waals surface area contributed by atoms with Gasteiger partial charge in [-0.05, 0) is 30.2 Å². The third-order valence-corrected chi connectivity index (χ3v) is 8.03. The van der Waals surface area contributed by atoms with E-state index in [0.717, 1.165) is 29.9 Å². The van der Waals surface area contributed by atoms with Gasteiger partial charge in [0.05, 0.1) is 6.61 Å². The fraction of sp³-hybridized carbons (Fsp3) is 0.639. The summed E-state index contributed by atoms with van der Waals surface area (Å²) in [6.45, 7) is 4.23. The van der Waals surface area contributed by atoms with Crippen molar-refractivity contribution < 1.29 is 19.0 Å². The summed E-state index contributed by atoms with van der Waals surface area (Å²) in [5.74, 6) is 0.871. The number of hydrogen-bond acceptors (Lipinski definition) is 4. The molecule has 2 aromatic rings. The first kappa shape index (κ1) is 32.2. The maximum absolute atomic E-state index is 12.3. The molecule has 0 saturated carbocycles. The number of para-hydroxylation sites is 1. The molecule has 222 valence electrons. The minimum Gasteiger partial charge on any atom is -0.491 e. The van der Waals surface area contributed by atoms with Gasteiger partial charge in [-0.3, -0.25) is 4.79 Å². The van der Waals surface area contributed by atoms with E-state index in [4.69, 9.17) is 14.2 Å². The molecule has 4 nitrogen and oxygen atoms in total. The molecule has 0 N–H and O–H groups in total. The lowest BCUT2D eigenvalue weighted by Crippen LogP contribution is -2.11. The van der Waals surface area contributed by atoms with Gasteiger partial charge in [-0.15, -0.1) is 0 Å². The van der Waals surface area contributed by atoms with E-state index in [1.54, 1.807) is 0 Å². The number of benzene rings is 2. The highest BCUT2D eigenvalue weighted by molar-refractivity contribution is 5.89. The van der Waals surface area contributed by atoms with Crippen LogP contribution in [0.15, 0.2) is 48.5 Å². The van der Waals surface area contributed by atoms with Crippen LogP contribution in [0.3, 0.4) is 0 Å². The van der Waals surface area contributed by atoms with E-state index in [1.807, 2.05) is 48.5 Å². The zero-order valence-electron chi connectivity index (χ0n) is 25.2.